The highest BCUT2D eigenvalue weighted by Gasteiger charge is 2.33. The first-order chi connectivity index (χ1) is 21.7. The molecule has 2 heterocycles. The van der Waals surface area contributed by atoms with E-state index in [1.165, 1.54) is 56.0 Å². The largest absolute Gasteiger partial charge is 0.484 e. The predicted octanol–water partition coefficient (Wildman–Crippen LogP) is 8.17. The first-order valence-electron chi connectivity index (χ1n) is 15.6. The Bertz CT molecular complexity index is 1280. The highest BCUT2D eigenvalue weighted by atomic mass is 35.5. The van der Waals surface area contributed by atoms with Crippen LogP contribution in [-0.2, 0) is 19.1 Å². The number of carbonyl (C=O) groups is 3. The van der Waals surface area contributed by atoms with Gasteiger partial charge in [0.2, 0.25) is 0 Å². The molecule has 2 aromatic rings. The Labute approximate surface area is 273 Å². The number of hydrogen-bond acceptors (Lipinski definition) is 7. The zero-order chi connectivity index (χ0) is 32.6. The lowest BCUT2D eigenvalue weighted by Gasteiger charge is -2.36. The summed E-state index contributed by atoms with van der Waals surface area (Å²) < 4.78 is 25.9. The minimum absolute atomic E-state index is 0.0728. The number of ether oxygens (including phenoxy) is 2. The van der Waals surface area contributed by atoms with Crippen molar-refractivity contribution in [3.63, 3.8) is 0 Å². The maximum atomic E-state index is 13.9. The number of likely N-dealkylation sites (tertiary alicyclic amines) is 1. The fraction of sp³-hybridized carbons (Fsp3) is 0.500. The highest BCUT2D eigenvalue weighted by molar-refractivity contribution is 7.99. The smallest absolute Gasteiger partial charge is 0.328 e. The lowest BCUT2D eigenvalue weighted by Crippen LogP contribution is -2.38. The fourth-order valence-corrected chi connectivity index (χ4v) is 6.61. The summed E-state index contributed by atoms with van der Waals surface area (Å²) >= 11 is 7.90. The van der Waals surface area contributed by atoms with Gasteiger partial charge in [0.05, 0.1) is 4.90 Å². The normalized spacial score (nSPS) is 16.5. The number of carboxylic acid groups (broad SMARTS) is 2. The standard InChI is InChI=1S/C30H39ClFNO3S.C4H4O4/c1-2-3-4-5-6-7-8-9-29(34)35-19-18-33-16-14-22(15-17-33)30-25-20-23(31)10-13-27(25)37-28-21-24(32)11-12-26(28)36-30;5-3(6)1-2-4(7)8/h10-13,20-22,30H,2-9,14-19H2,1H3;1-2H,(H,5,6)(H,7,8)/b;2-1-. The highest BCUT2D eigenvalue weighted by Crippen LogP contribution is 2.48. The Morgan fingerprint density at radius 3 is 2.31 bits per heavy atom. The number of hydrogen-bond donors (Lipinski definition) is 2. The second-order valence-corrected chi connectivity index (χ2v) is 12.7. The molecule has 2 aliphatic rings. The van der Waals surface area contributed by atoms with Crippen LogP contribution in [0.3, 0.4) is 0 Å². The molecule has 0 saturated carbocycles. The summed E-state index contributed by atoms with van der Waals surface area (Å²) in [7, 11) is 0. The zero-order valence-corrected chi connectivity index (χ0v) is 27.3. The van der Waals surface area contributed by atoms with Crippen LogP contribution in [-0.4, -0.2) is 59.3 Å². The second-order valence-electron chi connectivity index (χ2n) is 11.2. The monoisotopic (exact) mass is 663 g/mol. The van der Waals surface area contributed by atoms with Gasteiger partial charge >= 0.3 is 17.9 Å². The Morgan fingerprint density at radius 1 is 0.978 bits per heavy atom. The van der Waals surface area contributed by atoms with Gasteiger partial charge in [0.25, 0.3) is 0 Å². The van der Waals surface area contributed by atoms with E-state index in [-0.39, 0.29) is 17.9 Å². The summed E-state index contributed by atoms with van der Waals surface area (Å²) in [6.07, 6.45) is 11.9. The SMILES string of the molecule is CCCCCCCCCC(=O)OCCN1CCC(C2Oc3ccc(F)cc3Sc3ccc(Cl)cc32)CC1.O=C(O)/C=C\C(=O)O. The van der Waals surface area contributed by atoms with Crippen LogP contribution in [0, 0.1) is 11.7 Å². The van der Waals surface area contributed by atoms with E-state index in [1.807, 2.05) is 18.2 Å². The molecule has 0 bridgehead atoms. The molecule has 0 aromatic heterocycles. The molecule has 2 N–H and O–H groups in total. The predicted molar refractivity (Wildman–Crippen MR) is 172 cm³/mol. The number of benzene rings is 2. The number of halogens is 2. The summed E-state index contributed by atoms with van der Waals surface area (Å²) in [6, 6.07) is 10.6. The number of piperidine rings is 1. The Hall–Kier alpha value is -3.08. The lowest BCUT2D eigenvalue weighted by molar-refractivity contribution is -0.144. The number of aliphatic carboxylic acids is 2. The van der Waals surface area contributed by atoms with E-state index < -0.39 is 11.9 Å². The van der Waals surface area contributed by atoms with Crippen LogP contribution in [0.5, 0.6) is 5.75 Å². The number of nitrogens with zero attached hydrogens (tertiary/aromatic N) is 1. The van der Waals surface area contributed by atoms with Gasteiger partial charge in [0.1, 0.15) is 24.3 Å². The molecule has 4 rings (SSSR count). The molecule has 0 spiro atoms. The minimum atomic E-state index is -1.26. The molecule has 0 aliphatic carbocycles. The molecule has 45 heavy (non-hydrogen) atoms. The van der Waals surface area contributed by atoms with E-state index in [2.05, 4.69) is 11.8 Å². The van der Waals surface area contributed by atoms with Crippen LogP contribution >= 0.6 is 23.4 Å². The third kappa shape index (κ3) is 13.0. The molecule has 2 aliphatic heterocycles. The minimum Gasteiger partial charge on any atom is -0.484 e. The third-order valence-corrected chi connectivity index (χ3v) is 9.11. The summed E-state index contributed by atoms with van der Waals surface area (Å²) in [5.41, 5.74) is 1.08. The third-order valence-electron chi connectivity index (χ3n) is 7.74. The second kappa shape index (κ2) is 19.4. The molecule has 1 fully saturated rings. The summed E-state index contributed by atoms with van der Waals surface area (Å²) in [5.74, 6) is -1.81. The van der Waals surface area contributed by atoms with Crippen molar-refractivity contribution in [2.45, 2.75) is 87.0 Å². The number of rotatable bonds is 14. The first-order valence-corrected chi connectivity index (χ1v) is 16.8. The van der Waals surface area contributed by atoms with Gasteiger partial charge in [-0.15, -0.1) is 0 Å². The van der Waals surface area contributed by atoms with Crippen LogP contribution < -0.4 is 4.74 Å². The van der Waals surface area contributed by atoms with E-state index in [0.717, 1.165) is 66.4 Å². The van der Waals surface area contributed by atoms with Crippen molar-refractivity contribution < 1.29 is 38.5 Å². The quantitative estimate of drug-likeness (QED) is 0.117. The zero-order valence-electron chi connectivity index (χ0n) is 25.7. The van der Waals surface area contributed by atoms with Crippen molar-refractivity contribution in [2.75, 3.05) is 26.2 Å². The van der Waals surface area contributed by atoms with Gasteiger partial charge in [-0.1, -0.05) is 68.8 Å². The average Bonchev–Trinajstić information content (AvgIpc) is 3.16. The molecule has 8 nitrogen and oxygen atoms in total. The van der Waals surface area contributed by atoms with Gasteiger partial charge in [-0.2, -0.15) is 0 Å². The molecular weight excluding hydrogens is 621 g/mol. The van der Waals surface area contributed by atoms with Crippen molar-refractivity contribution in [3.05, 3.63) is 65.0 Å². The number of carbonyl (C=O) groups excluding carboxylic acids is 1. The average molecular weight is 664 g/mol. The van der Waals surface area contributed by atoms with Gasteiger partial charge in [-0.25, -0.2) is 14.0 Å². The van der Waals surface area contributed by atoms with Crippen molar-refractivity contribution >= 4 is 41.3 Å². The molecule has 246 valence electrons. The number of esters is 1. The van der Waals surface area contributed by atoms with Gasteiger partial charge in [0.15, 0.2) is 0 Å². The van der Waals surface area contributed by atoms with Crippen LogP contribution in [0.4, 0.5) is 4.39 Å². The van der Waals surface area contributed by atoms with Gasteiger partial charge in [0, 0.05) is 46.5 Å². The van der Waals surface area contributed by atoms with Crippen LogP contribution in [0.25, 0.3) is 0 Å². The summed E-state index contributed by atoms with van der Waals surface area (Å²) in [4.78, 5) is 35.4. The lowest BCUT2D eigenvalue weighted by atomic mass is 9.87. The Morgan fingerprint density at radius 2 is 1.64 bits per heavy atom. The first kappa shape index (κ1) is 36.4. The number of fused-ring (bicyclic) bond motifs is 2. The van der Waals surface area contributed by atoms with Gasteiger partial charge in [-0.05, 0) is 68.8 Å². The molecule has 1 saturated heterocycles. The van der Waals surface area contributed by atoms with Crippen molar-refractivity contribution in [1.82, 2.24) is 4.90 Å². The van der Waals surface area contributed by atoms with Crippen LogP contribution in [0.15, 0.2) is 58.3 Å². The van der Waals surface area contributed by atoms with E-state index >= 15 is 0 Å². The molecule has 11 heteroatoms. The fourth-order valence-electron chi connectivity index (χ4n) is 5.37. The number of carboxylic acids is 2. The molecule has 1 atom stereocenters. The van der Waals surface area contributed by atoms with E-state index in [4.69, 9.17) is 31.3 Å². The van der Waals surface area contributed by atoms with Crippen LogP contribution in [0.2, 0.25) is 5.02 Å². The van der Waals surface area contributed by atoms with Crippen molar-refractivity contribution in [2.24, 2.45) is 5.92 Å². The van der Waals surface area contributed by atoms with Gasteiger partial charge < -0.3 is 19.7 Å². The Kier molecular flexibility index (Phi) is 15.7. The van der Waals surface area contributed by atoms with Crippen molar-refractivity contribution in [3.8, 4) is 5.75 Å². The summed E-state index contributed by atoms with van der Waals surface area (Å²) in [6.45, 7) is 5.30. The van der Waals surface area contributed by atoms with E-state index in [0.29, 0.717) is 36.1 Å². The maximum absolute atomic E-state index is 13.9. The maximum Gasteiger partial charge on any atom is 0.328 e. The molecule has 2 aromatic carbocycles. The van der Waals surface area contributed by atoms with E-state index in [9.17, 15) is 18.8 Å². The van der Waals surface area contributed by atoms with Crippen molar-refractivity contribution in [1.29, 1.82) is 0 Å². The van der Waals surface area contributed by atoms with E-state index in [1.54, 1.807) is 6.07 Å². The molecule has 0 radical (unpaired) electrons. The van der Waals surface area contributed by atoms with Crippen LogP contribution in [0.1, 0.15) is 82.8 Å². The molecular formula is C34H43ClFNO7S. The molecule has 0 amide bonds. The molecule has 1 unspecified atom stereocenters. The summed E-state index contributed by atoms with van der Waals surface area (Å²) in [5, 5.41) is 16.3. The topological polar surface area (TPSA) is 113 Å². The van der Waals surface area contributed by atoms with Gasteiger partial charge in [-0.3, -0.25) is 9.69 Å². The number of unbranched alkanes of at least 4 members (excludes halogenated alkanes) is 6. The Balaban J connectivity index is 0.000000610.